The van der Waals surface area contributed by atoms with E-state index in [4.69, 9.17) is 5.73 Å². The molecular weight excluding hydrogens is 961 g/mol. The predicted molar refractivity (Wildman–Crippen MR) is 255 cm³/mol. The molecule has 8 heteroatoms. The summed E-state index contributed by atoms with van der Waals surface area (Å²) in [6, 6.07) is 29.1. The molecule has 1 atom stereocenters. The molecule has 0 bridgehead atoms. The van der Waals surface area contributed by atoms with Gasteiger partial charge < -0.3 is 23.0 Å². The van der Waals surface area contributed by atoms with Crippen LogP contribution >= 0.6 is 7.92 Å². The van der Waals surface area contributed by atoms with Crippen molar-refractivity contribution in [2.75, 3.05) is 5.73 Å². The first-order valence-electron chi connectivity index (χ1n) is 22.0. The number of aryl methyl sites for hydroxylation is 2. The number of allylic oxidation sites excluding steroid dienone is 4. The molecule has 0 heterocycles. The largest absolute Gasteiger partial charge is 0.673 e. The van der Waals surface area contributed by atoms with Crippen LogP contribution in [0.3, 0.4) is 0 Å². The number of benzene rings is 4. The number of halogens is 4. The summed E-state index contributed by atoms with van der Waals surface area (Å²) in [6.45, 7) is 28.4. The minimum absolute atomic E-state index is 0. The number of hydrogen-bond donors (Lipinski definition) is 1. The van der Waals surface area contributed by atoms with Crippen molar-refractivity contribution < 1.29 is 37.4 Å². The summed E-state index contributed by atoms with van der Waals surface area (Å²) in [4.78, 5) is 0. The van der Waals surface area contributed by atoms with Gasteiger partial charge in [0.05, 0.1) is 0 Å². The number of anilines is 1. The van der Waals surface area contributed by atoms with Gasteiger partial charge in [0.2, 0.25) is 0 Å². The van der Waals surface area contributed by atoms with Crippen molar-refractivity contribution >= 4 is 36.8 Å². The van der Waals surface area contributed by atoms with Crippen molar-refractivity contribution in [3.63, 3.8) is 0 Å². The molecule has 3 aliphatic carbocycles. The molecule has 0 aliphatic heterocycles. The molecule has 1 spiro atoms. The van der Waals surface area contributed by atoms with Gasteiger partial charge in [0.1, 0.15) is 0 Å². The van der Waals surface area contributed by atoms with Crippen LogP contribution in [0.1, 0.15) is 166 Å². The van der Waals surface area contributed by atoms with E-state index in [9.17, 15) is 17.3 Å². The fourth-order valence-corrected chi connectivity index (χ4v) is 11.6. The molecule has 0 unspecified atom stereocenters. The second-order valence-corrected chi connectivity index (χ2v) is 23.4. The maximum Gasteiger partial charge on any atom is 0.673 e. The molecule has 333 valence electrons. The Morgan fingerprint density at radius 1 is 0.508 bits per heavy atom. The number of nitrogen functional groups attached to an aromatic ring is 1. The minimum Gasteiger partial charge on any atom is -0.418 e. The van der Waals surface area contributed by atoms with E-state index in [-0.39, 0.29) is 47.2 Å². The van der Waals surface area contributed by atoms with Crippen molar-refractivity contribution in [1.29, 1.82) is 0 Å². The van der Waals surface area contributed by atoms with E-state index in [2.05, 4.69) is 180 Å². The van der Waals surface area contributed by atoms with E-state index in [0.29, 0.717) is 0 Å². The van der Waals surface area contributed by atoms with E-state index in [1.165, 1.54) is 80.5 Å². The molecule has 0 amide bonds. The average Bonchev–Trinajstić information content (AvgIpc) is 3.68. The standard InChI is InChI=1S/C45H58NP.C8H12.BF4.Ir/c1-41(2,3)31-23-32(42(4,5)6)26-35(25-31)47(36-27-33(43(7,8)9)24-34(28-36)44(10,11)12)38-18-14-16-30-20-22-45(40(30)38)21-19-29-15-13-17-37(46)39(29)45;1-2-4-6-8-7-5-3-1;2-1(3,4)5;/h13-18,23-28H,19-22,46H2,1-12H3;1-2,7-8H,3-6H2;;/q;;-1;/b;2-1-,8-7-;;/t45-;;;/m1.../s1. The fourth-order valence-electron chi connectivity index (χ4n) is 8.89. The number of nitrogens with two attached hydrogens (primary N) is 1. The molecule has 61 heavy (non-hydrogen) atoms. The van der Waals surface area contributed by atoms with Gasteiger partial charge in [0.15, 0.2) is 0 Å². The normalized spacial score (nSPS) is 18.7. The molecule has 2 N–H and O–H groups in total. The Bertz CT molecular complexity index is 2020. The van der Waals surface area contributed by atoms with E-state index in [1.54, 1.807) is 5.56 Å². The van der Waals surface area contributed by atoms with Crippen molar-refractivity contribution in [2.45, 2.75) is 162 Å². The fraction of sp³-hybridized carbons (Fsp3) is 0.472. The molecule has 4 aromatic carbocycles. The SMILES string of the molecule is C1=C\CC/C=C\CC/1.CC(C)(C)c1cc(P(c2cc(C(C)(C)C)cc(C(C)(C)C)c2)c2cccc3c2[C@]2(CCc4cccc(N)c42)CC3)cc(C(C)(C)C)c1.F[B-](F)(F)F.[Ir]. The second kappa shape index (κ2) is 19.4. The molecule has 1 nitrogen and oxygen atoms in total. The summed E-state index contributed by atoms with van der Waals surface area (Å²) in [6.07, 6.45) is 18.5. The van der Waals surface area contributed by atoms with Crippen molar-refractivity contribution in [1.82, 2.24) is 0 Å². The topological polar surface area (TPSA) is 26.0 Å². The van der Waals surface area contributed by atoms with E-state index in [1.807, 2.05) is 0 Å². The number of hydrogen-bond acceptors (Lipinski definition) is 1. The Morgan fingerprint density at radius 2 is 0.836 bits per heavy atom. The van der Waals surface area contributed by atoms with Crippen molar-refractivity contribution in [3.8, 4) is 0 Å². The van der Waals surface area contributed by atoms with Crippen molar-refractivity contribution in [3.05, 3.63) is 142 Å². The summed E-state index contributed by atoms with van der Waals surface area (Å²) >= 11 is 0. The Labute approximate surface area is 381 Å². The van der Waals surface area contributed by atoms with Gasteiger partial charge in [-0.3, -0.25) is 0 Å². The maximum atomic E-state index is 9.75. The first kappa shape index (κ1) is 50.7. The average molecular weight is 1030 g/mol. The van der Waals surface area contributed by atoms with Crippen LogP contribution in [0.4, 0.5) is 23.0 Å². The third-order valence-corrected chi connectivity index (χ3v) is 14.7. The van der Waals surface area contributed by atoms with E-state index < -0.39 is 15.2 Å². The van der Waals surface area contributed by atoms with Crippen LogP contribution in [-0.4, -0.2) is 7.25 Å². The Balaban J connectivity index is 0.000000504. The predicted octanol–water partition coefficient (Wildman–Crippen LogP) is 14.4. The monoisotopic (exact) mass is 1030 g/mol. The molecule has 0 aromatic heterocycles. The summed E-state index contributed by atoms with van der Waals surface area (Å²) < 4.78 is 39.0. The first-order valence-corrected chi connectivity index (χ1v) is 23.3. The summed E-state index contributed by atoms with van der Waals surface area (Å²) in [5.41, 5.74) is 19.7. The molecule has 0 saturated carbocycles. The third kappa shape index (κ3) is 12.6. The smallest absolute Gasteiger partial charge is 0.418 e. The van der Waals surface area contributed by atoms with Crippen LogP contribution in [0.2, 0.25) is 0 Å². The zero-order valence-electron chi connectivity index (χ0n) is 38.8. The van der Waals surface area contributed by atoms with Gasteiger partial charge in [-0.05, 0) is 147 Å². The first-order chi connectivity index (χ1) is 27.7. The Hall–Kier alpha value is -2.98. The maximum absolute atomic E-state index is 9.75. The number of rotatable bonds is 3. The molecular formula is C53H70BF4IrNP-. The molecule has 7 rings (SSSR count). The van der Waals surface area contributed by atoms with Gasteiger partial charge >= 0.3 is 7.25 Å². The van der Waals surface area contributed by atoms with Gasteiger partial charge in [0.25, 0.3) is 0 Å². The summed E-state index contributed by atoms with van der Waals surface area (Å²) in [5.74, 6) is 0. The van der Waals surface area contributed by atoms with Crippen LogP contribution < -0.4 is 21.6 Å². The molecule has 1 radical (unpaired) electrons. The second-order valence-electron chi connectivity index (χ2n) is 21.2. The molecule has 4 aromatic rings. The van der Waals surface area contributed by atoms with Gasteiger partial charge in [-0.1, -0.05) is 174 Å². The van der Waals surface area contributed by atoms with Gasteiger partial charge in [-0.15, -0.1) is 0 Å². The molecule has 0 saturated heterocycles. The Morgan fingerprint density at radius 3 is 1.18 bits per heavy atom. The quantitative estimate of drug-likeness (QED) is 0.0715. The van der Waals surface area contributed by atoms with Crippen LogP contribution in [0.25, 0.3) is 0 Å². The van der Waals surface area contributed by atoms with E-state index in [0.717, 1.165) is 31.4 Å². The Kier molecular flexibility index (Phi) is 16.1. The summed E-state index contributed by atoms with van der Waals surface area (Å²) in [5, 5.41) is 4.47. The van der Waals surface area contributed by atoms with Gasteiger partial charge in [0, 0.05) is 31.2 Å². The van der Waals surface area contributed by atoms with Gasteiger partial charge in [-0.25, -0.2) is 0 Å². The van der Waals surface area contributed by atoms with E-state index >= 15 is 0 Å². The van der Waals surface area contributed by atoms with Crippen LogP contribution in [0.15, 0.2) is 97.1 Å². The zero-order chi connectivity index (χ0) is 44.5. The molecule has 0 fully saturated rings. The third-order valence-electron chi connectivity index (χ3n) is 12.3. The van der Waals surface area contributed by atoms with Crippen molar-refractivity contribution in [2.24, 2.45) is 0 Å². The zero-order valence-corrected chi connectivity index (χ0v) is 42.1. The minimum atomic E-state index is -6.00. The summed E-state index contributed by atoms with van der Waals surface area (Å²) in [7, 11) is -6.88. The molecule has 3 aliphatic rings. The van der Waals surface area contributed by atoms with Crippen LogP contribution in [0, 0.1) is 0 Å². The van der Waals surface area contributed by atoms with Crippen LogP contribution in [-0.2, 0) is 60.0 Å². The van der Waals surface area contributed by atoms with Gasteiger partial charge in [-0.2, -0.15) is 0 Å². The number of fused-ring (bicyclic) bond motifs is 4. The van der Waals surface area contributed by atoms with Crippen LogP contribution in [0.5, 0.6) is 0 Å².